The maximum Gasteiger partial charge on any atom is 0.411 e. The number of nitrogens with one attached hydrogen (secondary N) is 1. The van der Waals surface area contributed by atoms with Crippen LogP contribution in [-0.4, -0.2) is 23.8 Å². The fourth-order valence-electron chi connectivity index (χ4n) is 1.93. The van der Waals surface area contributed by atoms with Gasteiger partial charge in [0.1, 0.15) is 17.9 Å². The molecule has 2 rings (SSSR count). The van der Waals surface area contributed by atoms with Crippen LogP contribution in [0.1, 0.15) is 22.8 Å². The molecule has 0 radical (unpaired) electrons. The highest BCUT2D eigenvalue weighted by Gasteiger charge is 2.19. The summed E-state index contributed by atoms with van der Waals surface area (Å²) in [5, 5.41) is 12.3. The number of anilines is 1. The third kappa shape index (κ3) is 4.47. The van der Waals surface area contributed by atoms with Crippen LogP contribution in [-0.2, 0) is 16.1 Å². The molecule has 0 saturated heterocycles. The Hall–Kier alpha value is -3.02. The van der Waals surface area contributed by atoms with Gasteiger partial charge in [-0.3, -0.25) is 5.32 Å². The predicted molar refractivity (Wildman–Crippen MR) is 84.3 cm³/mol. The number of phenolic OH excluding ortho intramolecular Hbond substituents is 1. The van der Waals surface area contributed by atoms with E-state index < -0.39 is 12.1 Å². The molecule has 2 aromatic carbocycles. The van der Waals surface area contributed by atoms with Gasteiger partial charge in [0, 0.05) is 0 Å². The minimum Gasteiger partial charge on any atom is -0.507 e. The third-order valence-corrected chi connectivity index (χ3v) is 2.97. The number of esters is 1. The fourth-order valence-corrected chi connectivity index (χ4v) is 1.93. The fraction of sp³-hybridized carbons (Fsp3) is 0.176. The Morgan fingerprint density at radius 1 is 1.04 bits per heavy atom. The second kappa shape index (κ2) is 7.84. The van der Waals surface area contributed by atoms with Gasteiger partial charge in [0.15, 0.2) is 0 Å². The van der Waals surface area contributed by atoms with Gasteiger partial charge in [-0.2, -0.15) is 0 Å². The van der Waals surface area contributed by atoms with Gasteiger partial charge in [-0.15, -0.1) is 0 Å². The second-order valence-corrected chi connectivity index (χ2v) is 4.61. The van der Waals surface area contributed by atoms with E-state index in [-0.39, 0.29) is 30.2 Å². The average molecular weight is 315 g/mol. The molecule has 0 aromatic heterocycles. The molecule has 0 aliphatic carbocycles. The van der Waals surface area contributed by atoms with Crippen LogP contribution in [0.2, 0.25) is 0 Å². The van der Waals surface area contributed by atoms with Crippen molar-refractivity contribution in [3.63, 3.8) is 0 Å². The van der Waals surface area contributed by atoms with Crippen molar-refractivity contribution in [3.05, 3.63) is 59.7 Å². The number of phenols is 1. The van der Waals surface area contributed by atoms with Gasteiger partial charge in [-0.25, -0.2) is 9.59 Å². The molecule has 0 saturated carbocycles. The first kappa shape index (κ1) is 16.4. The van der Waals surface area contributed by atoms with Crippen LogP contribution in [0, 0.1) is 0 Å². The normalized spacial score (nSPS) is 9.96. The highest BCUT2D eigenvalue weighted by molar-refractivity contribution is 6.02. The quantitative estimate of drug-likeness (QED) is 0.827. The molecule has 0 bridgehead atoms. The van der Waals surface area contributed by atoms with Crippen LogP contribution in [0.25, 0.3) is 0 Å². The van der Waals surface area contributed by atoms with E-state index in [0.29, 0.717) is 0 Å². The van der Waals surface area contributed by atoms with E-state index in [1.54, 1.807) is 6.92 Å². The number of amides is 1. The maximum absolute atomic E-state index is 11.9. The molecule has 0 spiro atoms. The molecule has 0 heterocycles. The molecule has 6 nitrogen and oxygen atoms in total. The molecule has 0 fully saturated rings. The molecule has 0 unspecified atom stereocenters. The van der Waals surface area contributed by atoms with E-state index in [0.717, 1.165) is 5.56 Å². The van der Waals surface area contributed by atoms with E-state index in [4.69, 9.17) is 9.47 Å². The molecule has 0 aliphatic heterocycles. The van der Waals surface area contributed by atoms with Crippen LogP contribution >= 0.6 is 0 Å². The molecule has 2 N–H and O–H groups in total. The Labute approximate surface area is 133 Å². The molecule has 120 valence electrons. The van der Waals surface area contributed by atoms with Gasteiger partial charge in [0.25, 0.3) is 0 Å². The summed E-state index contributed by atoms with van der Waals surface area (Å²) in [6, 6.07) is 13.5. The first-order valence-electron chi connectivity index (χ1n) is 7.08. The zero-order chi connectivity index (χ0) is 16.7. The van der Waals surface area contributed by atoms with E-state index in [9.17, 15) is 14.7 Å². The third-order valence-electron chi connectivity index (χ3n) is 2.97. The Bertz CT molecular complexity index is 685. The smallest absolute Gasteiger partial charge is 0.411 e. The minimum atomic E-state index is -0.731. The largest absolute Gasteiger partial charge is 0.507 e. The lowest BCUT2D eigenvalue weighted by molar-refractivity contribution is 0.0524. The summed E-state index contributed by atoms with van der Waals surface area (Å²) in [5.74, 6) is -0.992. The van der Waals surface area contributed by atoms with Gasteiger partial charge < -0.3 is 14.6 Å². The van der Waals surface area contributed by atoms with Gasteiger partial charge in [-0.05, 0) is 24.6 Å². The van der Waals surface area contributed by atoms with Crippen molar-refractivity contribution in [1.82, 2.24) is 0 Å². The SMILES string of the molecule is CCOC(=O)c1c(O)cccc1NC(=O)OCc1ccccc1. The van der Waals surface area contributed by atoms with Crippen molar-refractivity contribution in [3.8, 4) is 5.75 Å². The van der Waals surface area contributed by atoms with Crippen molar-refractivity contribution < 1.29 is 24.2 Å². The summed E-state index contributed by atoms with van der Waals surface area (Å²) >= 11 is 0. The second-order valence-electron chi connectivity index (χ2n) is 4.61. The molecule has 0 aliphatic rings. The number of ether oxygens (including phenoxy) is 2. The first-order chi connectivity index (χ1) is 11.1. The Kier molecular flexibility index (Phi) is 5.57. The Morgan fingerprint density at radius 2 is 1.78 bits per heavy atom. The van der Waals surface area contributed by atoms with Gasteiger partial charge in [0.2, 0.25) is 0 Å². The van der Waals surface area contributed by atoms with E-state index >= 15 is 0 Å². The minimum absolute atomic E-state index is 0.0974. The summed E-state index contributed by atoms with van der Waals surface area (Å²) in [6.07, 6.45) is -0.731. The Balaban J connectivity index is 2.06. The highest BCUT2D eigenvalue weighted by Crippen LogP contribution is 2.26. The van der Waals surface area contributed by atoms with Crippen molar-refractivity contribution >= 4 is 17.7 Å². The molecule has 0 atom stereocenters. The standard InChI is InChI=1S/C17H17NO5/c1-2-22-16(20)15-13(9-6-10-14(15)19)18-17(21)23-11-12-7-4-3-5-8-12/h3-10,19H,2,11H2,1H3,(H,18,21). The van der Waals surface area contributed by atoms with Crippen molar-refractivity contribution in [2.45, 2.75) is 13.5 Å². The summed E-state index contributed by atoms with van der Waals surface area (Å²) < 4.78 is 9.95. The van der Waals surface area contributed by atoms with E-state index in [1.165, 1.54) is 18.2 Å². The topological polar surface area (TPSA) is 84.9 Å². The molecule has 6 heteroatoms. The summed E-state index contributed by atoms with van der Waals surface area (Å²) in [5.41, 5.74) is 0.858. The zero-order valence-corrected chi connectivity index (χ0v) is 12.6. The van der Waals surface area contributed by atoms with Crippen molar-refractivity contribution in [2.24, 2.45) is 0 Å². The number of carbonyl (C=O) groups is 2. The lowest BCUT2D eigenvalue weighted by atomic mass is 10.1. The summed E-state index contributed by atoms with van der Waals surface area (Å²) in [6.45, 7) is 1.91. The van der Waals surface area contributed by atoms with Crippen LogP contribution in [0.15, 0.2) is 48.5 Å². The van der Waals surface area contributed by atoms with E-state index in [2.05, 4.69) is 5.32 Å². The number of hydrogen-bond donors (Lipinski definition) is 2. The van der Waals surface area contributed by atoms with Crippen LogP contribution < -0.4 is 5.32 Å². The summed E-state index contributed by atoms with van der Waals surface area (Å²) in [4.78, 5) is 23.7. The molecule has 23 heavy (non-hydrogen) atoms. The number of benzene rings is 2. The molecule has 2 aromatic rings. The predicted octanol–water partition coefficient (Wildman–Crippen LogP) is 3.32. The number of rotatable bonds is 5. The molecular weight excluding hydrogens is 298 g/mol. The number of hydrogen-bond acceptors (Lipinski definition) is 5. The van der Waals surface area contributed by atoms with Crippen molar-refractivity contribution in [2.75, 3.05) is 11.9 Å². The zero-order valence-electron chi connectivity index (χ0n) is 12.6. The average Bonchev–Trinajstić information content (AvgIpc) is 2.54. The Morgan fingerprint density at radius 3 is 2.48 bits per heavy atom. The lowest BCUT2D eigenvalue weighted by Crippen LogP contribution is -2.17. The monoisotopic (exact) mass is 315 g/mol. The van der Waals surface area contributed by atoms with Gasteiger partial charge in [0.05, 0.1) is 12.3 Å². The number of aromatic hydroxyl groups is 1. The maximum atomic E-state index is 11.9. The molecular formula is C17H17NO5. The highest BCUT2D eigenvalue weighted by atomic mass is 16.5. The summed E-state index contributed by atoms with van der Waals surface area (Å²) in [7, 11) is 0. The van der Waals surface area contributed by atoms with Gasteiger partial charge in [-0.1, -0.05) is 36.4 Å². The van der Waals surface area contributed by atoms with Crippen LogP contribution in [0.4, 0.5) is 10.5 Å². The molecule has 1 amide bonds. The van der Waals surface area contributed by atoms with E-state index in [1.807, 2.05) is 30.3 Å². The van der Waals surface area contributed by atoms with Crippen LogP contribution in [0.5, 0.6) is 5.75 Å². The first-order valence-corrected chi connectivity index (χ1v) is 7.08. The lowest BCUT2D eigenvalue weighted by Gasteiger charge is -2.12. The van der Waals surface area contributed by atoms with Gasteiger partial charge >= 0.3 is 12.1 Å². The van der Waals surface area contributed by atoms with Crippen molar-refractivity contribution in [1.29, 1.82) is 0 Å². The number of carbonyl (C=O) groups excluding carboxylic acids is 2. The van der Waals surface area contributed by atoms with Crippen LogP contribution in [0.3, 0.4) is 0 Å².